The number of rotatable bonds is 9. The smallest absolute Gasteiger partial charge is 0.328 e. The van der Waals surface area contributed by atoms with Gasteiger partial charge in [0.15, 0.2) is 11.9 Å². The lowest BCUT2D eigenvalue weighted by molar-refractivity contribution is -0.131. The van der Waals surface area contributed by atoms with Crippen molar-refractivity contribution in [3.63, 3.8) is 0 Å². The molecule has 0 radical (unpaired) electrons. The summed E-state index contributed by atoms with van der Waals surface area (Å²) in [5, 5.41) is 23.5. The Balaban J connectivity index is 2.29. The number of aryl methyl sites for hydroxylation is 2. The first-order chi connectivity index (χ1) is 14.7. The Kier molecular flexibility index (Phi) is 8.83. The van der Waals surface area contributed by atoms with Crippen molar-refractivity contribution in [2.75, 3.05) is 5.32 Å². The third-order valence-electron chi connectivity index (χ3n) is 4.58. The maximum atomic E-state index is 12.9. The Bertz CT molecular complexity index is 1010. The molecule has 0 saturated heterocycles. The summed E-state index contributed by atoms with van der Waals surface area (Å²) < 4.78 is 5.91. The number of aromatic hydroxyl groups is 1. The van der Waals surface area contributed by atoms with E-state index in [1.165, 1.54) is 5.41 Å². The number of benzene rings is 2. The van der Waals surface area contributed by atoms with Crippen LogP contribution in [-0.2, 0) is 16.0 Å². The van der Waals surface area contributed by atoms with Crippen molar-refractivity contribution in [1.82, 2.24) is 0 Å². The summed E-state index contributed by atoms with van der Waals surface area (Å²) in [5.41, 5.74) is 2.82. The molecule has 0 heterocycles. The molecule has 0 aliphatic rings. The molecule has 3 N–H and O–H groups in total. The zero-order valence-electron chi connectivity index (χ0n) is 17.9. The number of carbonyl (C=O) groups excluding carboxylic acids is 1. The van der Waals surface area contributed by atoms with E-state index in [2.05, 4.69) is 5.32 Å². The second-order valence-electron chi connectivity index (χ2n) is 6.95. The first kappa shape index (κ1) is 24.6. The van der Waals surface area contributed by atoms with E-state index in [9.17, 15) is 14.7 Å². The first-order valence-corrected chi connectivity index (χ1v) is 11.1. The summed E-state index contributed by atoms with van der Waals surface area (Å²) in [6.45, 7) is 7.60. The normalized spacial score (nSPS) is 12.0. The average molecular weight is 464 g/mol. The Morgan fingerprint density at radius 2 is 1.97 bits per heavy atom. The fourth-order valence-electron chi connectivity index (χ4n) is 2.97. The highest BCUT2D eigenvalue weighted by atomic mass is 35.5. The molecule has 31 heavy (non-hydrogen) atoms. The van der Waals surface area contributed by atoms with Gasteiger partial charge >= 0.3 is 5.97 Å². The molecule has 2 aromatic carbocycles. The number of thioether (sulfide) groups is 1. The predicted molar refractivity (Wildman–Crippen MR) is 124 cm³/mol. The quantitative estimate of drug-likeness (QED) is 0.250. The van der Waals surface area contributed by atoms with E-state index in [4.69, 9.17) is 21.4 Å². The largest absolute Gasteiger partial charge is 0.504 e. The number of anilines is 1. The Labute approximate surface area is 191 Å². The Morgan fingerprint density at radius 3 is 2.55 bits per heavy atom. The maximum absolute atomic E-state index is 12.9. The number of nitrogens with one attached hydrogen (secondary N) is 1. The van der Waals surface area contributed by atoms with Crippen LogP contribution in [0.15, 0.2) is 40.6 Å². The molecule has 6 nitrogen and oxygen atoms in total. The third-order valence-corrected chi connectivity index (χ3v) is 5.88. The predicted octanol–water partition coefficient (Wildman–Crippen LogP) is 5.71. The van der Waals surface area contributed by atoms with Gasteiger partial charge in [-0.3, -0.25) is 4.79 Å². The Hall–Kier alpha value is -2.64. The summed E-state index contributed by atoms with van der Waals surface area (Å²) in [4.78, 5) is 24.3. The first-order valence-electron chi connectivity index (χ1n) is 9.83. The molecule has 2 rings (SSSR count). The minimum absolute atomic E-state index is 0.120. The highest BCUT2D eigenvalue weighted by Crippen LogP contribution is 2.41. The van der Waals surface area contributed by atoms with Crippen molar-refractivity contribution >= 4 is 40.9 Å². The Morgan fingerprint density at radius 1 is 1.26 bits per heavy atom. The van der Waals surface area contributed by atoms with Crippen molar-refractivity contribution in [2.45, 2.75) is 51.5 Å². The van der Waals surface area contributed by atoms with Crippen LogP contribution in [0.3, 0.4) is 0 Å². The lowest BCUT2D eigenvalue weighted by atomic mass is 10.1. The van der Waals surface area contributed by atoms with Gasteiger partial charge in [0.25, 0.3) is 5.91 Å². The van der Waals surface area contributed by atoms with Crippen molar-refractivity contribution in [1.29, 1.82) is 0 Å². The van der Waals surface area contributed by atoms with Crippen molar-refractivity contribution in [3.05, 3.63) is 57.5 Å². The van der Waals surface area contributed by atoms with E-state index >= 15 is 0 Å². The van der Waals surface area contributed by atoms with Gasteiger partial charge in [-0.25, -0.2) is 4.79 Å². The van der Waals surface area contributed by atoms with E-state index < -0.39 is 18.0 Å². The van der Waals surface area contributed by atoms with Gasteiger partial charge in [-0.05, 0) is 55.4 Å². The van der Waals surface area contributed by atoms with Crippen LogP contribution in [0.4, 0.5) is 5.69 Å². The molecule has 0 aromatic heterocycles. The molecule has 0 fully saturated rings. The zero-order valence-corrected chi connectivity index (χ0v) is 19.4. The number of carbonyl (C=O) groups is 2. The number of hydrogen-bond acceptors (Lipinski definition) is 5. The van der Waals surface area contributed by atoms with Gasteiger partial charge in [-0.2, -0.15) is 0 Å². The number of halogens is 1. The van der Waals surface area contributed by atoms with Gasteiger partial charge in [-0.1, -0.05) is 54.9 Å². The van der Waals surface area contributed by atoms with Crippen molar-refractivity contribution in [3.8, 4) is 11.5 Å². The molecule has 2 aromatic rings. The maximum Gasteiger partial charge on any atom is 0.328 e. The number of phenolic OH excluding ortho intramolecular Hbond substituents is 1. The van der Waals surface area contributed by atoms with Crippen LogP contribution in [0, 0.1) is 13.8 Å². The van der Waals surface area contributed by atoms with Gasteiger partial charge in [-0.15, -0.1) is 0 Å². The lowest BCUT2D eigenvalue weighted by Gasteiger charge is -2.20. The monoisotopic (exact) mass is 463 g/mol. The van der Waals surface area contributed by atoms with E-state index in [-0.39, 0.29) is 16.5 Å². The van der Waals surface area contributed by atoms with Crippen LogP contribution in [0.1, 0.15) is 37.0 Å². The van der Waals surface area contributed by atoms with Gasteiger partial charge in [0, 0.05) is 11.0 Å². The van der Waals surface area contributed by atoms with Gasteiger partial charge in [0.2, 0.25) is 0 Å². The molecule has 1 atom stereocenters. The fraction of sp³-hybridized carbons (Fsp3) is 0.304. The highest BCUT2D eigenvalue weighted by Gasteiger charge is 2.23. The van der Waals surface area contributed by atoms with Crippen molar-refractivity contribution in [2.24, 2.45) is 0 Å². The van der Waals surface area contributed by atoms with Gasteiger partial charge in [0.1, 0.15) is 5.75 Å². The summed E-state index contributed by atoms with van der Waals surface area (Å²) in [7, 11) is 0. The summed E-state index contributed by atoms with van der Waals surface area (Å²) in [6, 6.07) is 7.30. The second-order valence-corrected chi connectivity index (χ2v) is 8.27. The van der Waals surface area contributed by atoms with E-state index in [1.54, 1.807) is 6.07 Å². The number of amides is 1. The molecule has 0 bridgehead atoms. The average Bonchev–Trinajstić information content (AvgIpc) is 2.71. The van der Waals surface area contributed by atoms with Crippen LogP contribution in [0.25, 0.3) is 0 Å². The fourth-order valence-corrected chi connectivity index (χ4v) is 4.27. The molecule has 8 heteroatoms. The zero-order chi connectivity index (χ0) is 23.1. The number of ether oxygens (including phenoxy) is 1. The van der Waals surface area contributed by atoms with E-state index in [1.807, 2.05) is 45.9 Å². The van der Waals surface area contributed by atoms with Gasteiger partial charge in [0.05, 0.1) is 10.7 Å². The molecular weight excluding hydrogens is 438 g/mol. The van der Waals surface area contributed by atoms with Crippen molar-refractivity contribution < 1.29 is 24.5 Å². The summed E-state index contributed by atoms with van der Waals surface area (Å²) in [6.07, 6.45) is 1.18. The molecule has 1 unspecified atom stereocenters. The standard InChI is InChI=1S/C23H26ClNO5S/c1-5-15-19(31-10-9-20(26)27)12-16(22(28)21(15)24)25-23(29)17(6-2)30-18-8-7-13(3)11-14(18)4/h7-12,17,28H,5-6H2,1-4H3,(H,25,29)(H,26,27)/b10-9+. The molecule has 0 aliphatic heterocycles. The van der Waals surface area contributed by atoms with E-state index in [0.717, 1.165) is 29.0 Å². The van der Waals surface area contributed by atoms with Gasteiger partial charge < -0.3 is 20.3 Å². The third kappa shape index (κ3) is 6.42. The number of phenols is 1. The summed E-state index contributed by atoms with van der Waals surface area (Å²) in [5.74, 6) is -1.11. The molecule has 166 valence electrons. The second kappa shape index (κ2) is 11.1. The number of hydrogen-bond donors (Lipinski definition) is 3. The SMILES string of the molecule is CCc1c(S/C=C/C(=O)O)cc(NC(=O)C(CC)Oc2ccc(C)cc2C)c(O)c1Cl. The topological polar surface area (TPSA) is 95.9 Å². The minimum atomic E-state index is -1.07. The lowest BCUT2D eigenvalue weighted by Crippen LogP contribution is -2.32. The van der Waals surface area contributed by atoms with E-state index in [0.29, 0.717) is 29.1 Å². The highest BCUT2D eigenvalue weighted by molar-refractivity contribution is 8.02. The number of carboxylic acids is 1. The number of aliphatic carboxylic acids is 1. The minimum Gasteiger partial charge on any atom is -0.504 e. The van der Waals surface area contributed by atoms with Crippen LogP contribution in [0.5, 0.6) is 11.5 Å². The van der Waals surface area contributed by atoms with Crippen LogP contribution in [0.2, 0.25) is 5.02 Å². The molecule has 1 amide bonds. The van der Waals surface area contributed by atoms with Crippen LogP contribution >= 0.6 is 23.4 Å². The summed E-state index contributed by atoms with van der Waals surface area (Å²) >= 11 is 7.47. The molecule has 0 aliphatic carbocycles. The molecule has 0 saturated carbocycles. The molecule has 0 spiro atoms. The number of carboxylic acid groups (broad SMARTS) is 1. The van der Waals surface area contributed by atoms with Crippen LogP contribution < -0.4 is 10.1 Å². The van der Waals surface area contributed by atoms with Crippen LogP contribution in [-0.4, -0.2) is 28.2 Å². The molecular formula is C23H26ClNO5S.